The highest BCUT2D eigenvalue weighted by molar-refractivity contribution is 5.93. The molecule has 1 aromatic carbocycles. The van der Waals surface area contributed by atoms with Crippen molar-refractivity contribution in [2.24, 2.45) is 0 Å². The third-order valence-corrected chi connectivity index (χ3v) is 2.70. The van der Waals surface area contributed by atoms with Crippen molar-refractivity contribution >= 4 is 11.9 Å². The largest absolute Gasteiger partial charge is 0.508 e. The van der Waals surface area contributed by atoms with Crippen LogP contribution in [0.1, 0.15) is 40.9 Å². The first-order chi connectivity index (χ1) is 9.88. The second kappa shape index (κ2) is 5.66. The Morgan fingerprint density at radius 2 is 1.86 bits per heavy atom. The number of aromatic carboxylic acids is 1. The van der Waals surface area contributed by atoms with Crippen molar-refractivity contribution in [3.63, 3.8) is 0 Å². The van der Waals surface area contributed by atoms with E-state index in [0.29, 0.717) is 0 Å². The van der Waals surface area contributed by atoms with Gasteiger partial charge in [-0.1, -0.05) is 0 Å². The fraction of sp³-hybridized carbons (Fsp3) is 0.214. The third kappa shape index (κ3) is 3.19. The number of aromatic hydroxyl groups is 1. The van der Waals surface area contributed by atoms with Gasteiger partial charge in [0.25, 0.3) is 0 Å². The Balaban J connectivity index is 2.25. The average molecular weight is 290 g/mol. The van der Waals surface area contributed by atoms with Crippen molar-refractivity contribution < 1.29 is 24.5 Å². The molecule has 1 aromatic heterocycles. The molecular weight excluding hydrogens is 276 g/mol. The van der Waals surface area contributed by atoms with Gasteiger partial charge in [-0.2, -0.15) is 5.10 Å². The van der Waals surface area contributed by atoms with Gasteiger partial charge in [-0.3, -0.25) is 4.68 Å². The molecule has 0 aliphatic rings. The van der Waals surface area contributed by atoms with Gasteiger partial charge >= 0.3 is 11.9 Å². The Bertz CT molecular complexity index is 673. The zero-order valence-electron chi connectivity index (χ0n) is 11.5. The maximum absolute atomic E-state index is 12.0. The number of hydrogen-bond donors (Lipinski definition) is 2. The number of carbonyl (C=O) groups is 2. The molecule has 110 valence electrons. The molecule has 7 nitrogen and oxygen atoms in total. The molecule has 1 heterocycles. The fourth-order valence-electron chi connectivity index (χ4n) is 1.72. The Labute approximate surface area is 120 Å². The summed E-state index contributed by atoms with van der Waals surface area (Å²) in [5.41, 5.74) is -0.170. The van der Waals surface area contributed by atoms with Crippen LogP contribution in [0.25, 0.3) is 0 Å². The molecule has 0 fully saturated rings. The summed E-state index contributed by atoms with van der Waals surface area (Å²) >= 11 is 0. The summed E-state index contributed by atoms with van der Waals surface area (Å²) in [5.74, 6) is -1.65. The summed E-state index contributed by atoms with van der Waals surface area (Å²) in [6, 6.07) is 6.56. The summed E-state index contributed by atoms with van der Waals surface area (Å²) in [5, 5.41) is 22.2. The number of esters is 1. The first-order valence-electron chi connectivity index (χ1n) is 6.22. The summed E-state index contributed by atoms with van der Waals surface area (Å²) in [6.45, 7) is 3.52. The Kier molecular flexibility index (Phi) is 3.93. The predicted molar refractivity (Wildman–Crippen MR) is 72.6 cm³/mol. The van der Waals surface area contributed by atoms with Crippen molar-refractivity contribution in [3.05, 3.63) is 41.7 Å². The zero-order chi connectivity index (χ0) is 15.6. The minimum Gasteiger partial charge on any atom is -0.508 e. The molecule has 0 aliphatic carbocycles. The lowest BCUT2D eigenvalue weighted by atomic mass is 10.3. The Morgan fingerprint density at radius 3 is 2.33 bits per heavy atom. The van der Waals surface area contributed by atoms with E-state index >= 15 is 0 Å². The molecule has 0 bridgehead atoms. The lowest BCUT2D eigenvalue weighted by Crippen LogP contribution is -2.13. The maximum atomic E-state index is 12.0. The van der Waals surface area contributed by atoms with E-state index in [-0.39, 0.29) is 28.9 Å². The van der Waals surface area contributed by atoms with Crippen LogP contribution in [0.15, 0.2) is 30.3 Å². The molecule has 2 aromatic rings. The van der Waals surface area contributed by atoms with E-state index in [2.05, 4.69) is 5.10 Å². The minimum absolute atomic E-state index is 0.0482. The molecule has 0 aliphatic heterocycles. The van der Waals surface area contributed by atoms with Crippen LogP contribution < -0.4 is 4.74 Å². The first kappa shape index (κ1) is 14.6. The highest BCUT2D eigenvalue weighted by Gasteiger charge is 2.21. The topological polar surface area (TPSA) is 102 Å². The fourth-order valence-corrected chi connectivity index (χ4v) is 1.72. The van der Waals surface area contributed by atoms with Crippen LogP contribution in [-0.4, -0.2) is 31.9 Å². The molecule has 21 heavy (non-hydrogen) atoms. The van der Waals surface area contributed by atoms with E-state index in [4.69, 9.17) is 14.9 Å². The molecule has 0 unspecified atom stereocenters. The lowest BCUT2D eigenvalue weighted by molar-refractivity contribution is 0.0679. The van der Waals surface area contributed by atoms with Gasteiger partial charge in [0.1, 0.15) is 17.2 Å². The summed E-state index contributed by atoms with van der Waals surface area (Å²) in [4.78, 5) is 23.1. The van der Waals surface area contributed by atoms with E-state index in [9.17, 15) is 9.59 Å². The van der Waals surface area contributed by atoms with E-state index < -0.39 is 11.9 Å². The number of aromatic nitrogens is 2. The molecule has 0 radical (unpaired) electrons. The second-order valence-corrected chi connectivity index (χ2v) is 4.64. The number of hydrogen-bond acceptors (Lipinski definition) is 5. The van der Waals surface area contributed by atoms with E-state index in [1.807, 2.05) is 0 Å². The van der Waals surface area contributed by atoms with Gasteiger partial charge in [0.05, 0.1) is 0 Å². The van der Waals surface area contributed by atoms with Crippen LogP contribution in [0.2, 0.25) is 0 Å². The smallest absolute Gasteiger partial charge is 0.364 e. The predicted octanol–water partition coefficient (Wildman–Crippen LogP) is 2.09. The molecular formula is C14H14N2O5. The molecule has 0 atom stereocenters. The number of ether oxygens (including phenoxy) is 1. The Hall–Kier alpha value is -2.83. The minimum atomic E-state index is -1.17. The van der Waals surface area contributed by atoms with Crippen molar-refractivity contribution in [1.29, 1.82) is 0 Å². The van der Waals surface area contributed by atoms with Crippen LogP contribution in [0.4, 0.5) is 0 Å². The van der Waals surface area contributed by atoms with Gasteiger partial charge in [0.2, 0.25) is 0 Å². The average Bonchev–Trinajstić information content (AvgIpc) is 2.87. The summed E-state index contributed by atoms with van der Waals surface area (Å²) in [7, 11) is 0. The van der Waals surface area contributed by atoms with Gasteiger partial charge in [-0.25, -0.2) is 9.59 Å². The van der Waals surface area contributed by atoms with Gasteiger partial charge in [0.15, 0.2) is 5.69 Å². The molecule has 0 amide bonds. The highest BCUT2D eigenvalue weighted by atomic mass is 16.5. The molecule has 0 saturated heterocycles. The molecule has 7 heteroatoms. The zero-order valence-corrected chi connectivity index (χ0v) is 11.5. The monoisotopic (exact) mass is 290 g/mol. The van der Waals surface area contributed by atoms with Crippen LogP contribution in [0, 0.1) is 0 Å². The first-order valence-corrected chi connectivity index (χ1v) is 6.22. The molecule has 0 saturated carbocycles. The van der Waals surface area contributed by atoms with Crippen LogP contribution in [0.5, 0.6) is 11.5 Å². The number of phenolic OH excluding ortho intramolecular Hbond substituents is 1. The van der Waals surface area contributed by atoms with E-state index in [0.717, 1.165) is 0 Å². The van der Waals surface area contributed by atoms with Crippen LogP contribution in [0.3, 0.4) is 0 Å². The highest BCUT2D eigenvalue weighted by Crippen LogP contribution is 2.18. The number of carboxylic acids is 1. The number of nitrogens with zero attached hydrogens (tertiary/aromatic N) is 2. The standard InChI is InChI=1S/C14H14N2O5/c1-8(2)16-12(13(18)19)7-11(15-16)14(20)21-10-5-3-9(17)4-6-10/h3-8,17H,1-2H3,(H,18,19). The number of rotatable bonds is 4. The van der Waals surface area contributed by atoms with Crippen molar-refractivity contribution in [1.82, 2.24) is 9.78 Å². The SMILES string of the molecule is CC(C)n1nc(C(=O)Oc2ccc(O)cc2)cc1C(=O)O. The third-order valence-electron chi connectivity index (χ3n) is 2.70. The number of carbonyl (C=O) groups excluding carboxylic acids is 1. The quantitative estimate of drug-likeness (QED) is 0.660. The van der Waals surface area contributed by atoms with Gasteiger partial charge in [-0.05, 0) is 38.1 Å². The maximum Gasteiger partial charge on any atom is 0.364 e. The van der Waals surface area contributed by atoms with E-state index in [1.54, 1.807) is 13.8 Å². The normalized spacial score (nSPS) is 10.6. The van der Waals surface area contributed by atoms with Crippen molar-refractivity contribution in [3.8, 4) is 11.5 Å². The molecule has 2 N–H and O–H groups in total. The molecule has 2 rings (SSSR count). The van der Waals surface area contributed by atoms with Crippen LogP contribution >= 0.6 is 0 Å². The van der Waals surface area contributed by atoms with Crippen LogP contribution in [-0.2, 0) is 0 Å². The van der Waals surface area contributed by atoms with Gasteiger partial charge in [0, 0.05) is 12.1 Å². The summed E-state index contributed by atoms with van der Waals surface area (Å²) < 4.78 is 6.31. The molecule has 0 spiro atoms. The Morgan fingerprint density at radius 1 is 1.24 bits per heavy atom. The van der Waals surface area contributed by atoms with Crippen molar-refractivity contribution in [2.75, 3.05) is 0 Å². The van der Waals surface area contributed by atoms with E-state index in [1.165, 1.54) is 35.0 Å². The number of benzene rings is 1. The number of carboxylic acid groups (broad SMARTS) is 1. The van der Waals surface area contributed by atoms with Crippen molar-refractivity contribution in [2.45, 2.75) is 19.9 Å². The summed E-state index contributed by atoms with van der Waals surface area (Å²) in [6.07, 6.45) is 0. The van der Waals surface area contributed by atoms with Gasteiger partial charge in [-0.15, -0.1) is 0 Å². The second-order valence-electron chi connectivity index (χ2n) is 4.64. The van der Waals surface area contributed by atoms with Gasteiger partial charge < -0.3 is 14.9 Å². The number of phenols is 1. The lowest BCUT2D eigenvalue weighted by Gasteiger charge is -2.07.